The van der Waals surface area contributed by atoms with Crippen LogP contribution in [0.5, 0.6) is 0 Å². The number of nitrogens with one attached hydrogen (secondary N) is 2. The second-order valence-corrected chi connectivity index (χ2v) is 5.59. The van der Waals surface area contributed by atoms with E-state index in [1.807, 2.05) is 6.92 Å². The maximum atomic E-state index is 13.5. The van der Waals surface area contributed by atoms with Gasteiger partial charge in [-0.3, -0.25) is 4.79 Å². The van der Waals surface area contributed by atoms with Crippen molar-refractivity contribution in [1.29, 1.82) is 0 Å². The van der Waals surface area contributed by atoms with Gasteiger partial charge in [-0.1, -0.05) is 18.2 Å². The monoisotopic (exact) mass is 316 g/mol. The number of halogens is 2. The molecule has 0 bridgehead atoms. The first kappa shape index (κ1) is 17.9. The summed E-state index contributed by atoms with van der Waals surface area (Å²) in [6.45, 7) is 3.49. The minimum absolute atomic E-state index is 0. The molecule has 1 heterocycles. The van der Waals surface area contributed by atoms with Crippen molar-refractivity contribution in [3.05, 3.63) is 35.6 Å². The van der Waals surface area contributed by atoms with Gasteiger partial charge in [0.2, 0.25) is 5.91 Å². The van der Waals surface area contributed by atoms with Crippen LogP contribution < -0.4 is 10.6 Å². The molecule has 21 heavy (non-hydrogen) atoms. The number of hydrogen-bond acceptors (Lipinski definition) is 3. The molecule has 118 valence electrons. The van der Waals surface area contributed by atoms with E-state index in [-0.39, 0.29) is 30.4 Å². The lowest BCUT2D eigenvalue weighted by molar-refractivity contribution is -0.131. The average Bonchev–Trinajstić information content (AvgIpc) is 2.45. The summed E-state index contributed by atoms with van der Waals surface area (Å²) in [6, 6.07) is 6.05. The number of aliphatic hydroxyl groups excluding tert-OH is 1. The number of carbonyl (C=O) groups excluding carboxylic acids is 1. The number of benzene rings is 1. The summed E-state index contributed by atoms with van der Waals surface area (Å²) in [5.74, 6) is -0.556. The lowest BCUT2D eigenvalue weighted by atomic mass is 9.82. The quantitative estimate of drug-likeness (QED) is 0.793. The van der Waals surface area contributed by atoms with Crippen molar-refractivity contribution in [2.45, 2.75) is 25.9 Å². The lowest BCUT2D eigenvalue weighted by Crippen LogP contribution is -2.49. The van der Waals surface area contributed by atoms with E-state index >= 15 is 0 Å². The molecular formula is C15H22ClFN2O2. The summed E-state index contributed by atoms with van der Waals surface area (Å²) in [5.41, 5.74) is -0.243. The molecule has 1 aliphatic heterocycles. The zero-order valence-electron chi connectivity index (χ0n) is 12.1. The molecule has 0 radical (unpaired) electrons. The first-order valence-corrected chi connectivity index (χ1v) is 6.94. The van der Waals surface area contributed by atoms with E-state index in [4.69, 9.17) is 0 Å². The highest BCUT2D eigenvalue weighted by Gasteiger charge is 2.34. The van der Waals surface area contributed by atoms with Crippen molar-refractivity contribution in [3.63, 3.8) is 0 Å². The Hall–Kier alpha value is -1.17. The van der Waals surface area contributed by atoms with Gasteiger partial charge in [0, 0.05) is 18.7 Å². The Morgan fingerprint density at radius 1 is 1.52 bits per heavy atom. The van der Waals surface area contributed by atoms with Gasteiger partial charge in [0.05, 0.1) is 11.5 Å². The zero-order valence-corrected chi connectivity index (χ0v) is 12.9. The van der Waals surface area contributed by atoms with E-state index in [9.17, 15) is 14.3 Å². The molecule has 0 aliphatic carbocycles. The molecule has 2 rings (SSSR count). The first-order valence-electron chi connectivity index (χ1n) is 6.94. The Labute approximate surface area is 130 Å². The number of hydrogen-bond donors (Lipinski definition) is 3. The molecule has 1 saturated heterocycles. The first-order chi connectivity index (χ1) is 9.53. The van der Waals surface area contributed by atoms with E-state index < -0.39 is 17.3 Å². The van der Waals surface area contributed by atoms with E-state index in [2.05, 4.69) is 10.6 Å². The molecule has 2 atom stereocenters. The third-order valence-electron chi connectivity index (χ3n) is 3.87. The van der Waals surface area contributed by atoms with Crippen molar-refractivity contribution in [2.24, 2.45) is 5.41 Å². The van der Waals surface area contributed by atoms with Crippen LogP contribution in [-0.4, -0.2) is 30.6 Å². The normalized spacial score (nSPS) is 23.0. The molecule has 0 saturated carbocycles. The predicted octanol–water partition coefficient (Wildman–Crippen LogP) is 1.79. The predicted molar refractivity (Wildman–Crippen MR) is 81.8 cm³/mol. The van der Waals surface area contributed by atoms with Gasteiger partial charge in [-0.25, -0.2) is 4.39 Å². The fourth-order valence-electron chi connectivity index (χ4n) is 2.51. The van der Waals surface area contributed by atoms with Crippen molar-refractivity contribution >= 4 is 18.3 Å². The lowest BCUT2D eigenvalue weighted by Gasteiger charge is -2.32. The van der Waals surface area contributed by atoms with Gasteiger partial charge in [0.15, 0.2) is 0 Å². The van der Waals surface area contributed by atoms with Gasteiger partial charge in [-0.05, 0) is 32.4 Å². The summed E-state index contributed by atoms with van der Waals surface area (Å²) in [6.07, 6.45) is 0.752. The van der Waals surface area contributed by atoms with Crippen LogP contribution >= 0.6 is 12.4 Å². The maximum Gasteiger partial charge on any atom is 0.227 e. The van der Waals surface area contributed by atoms with Crippen molar-refractivity contribution in [1.82, 2.24) is 10.6 Å². The van der Waals surface area contributed by atoms with Crippen LogP contribution in [0.1, 0.15) is 31.4 Å². The Morgan fingerprint density at radius 3 is 2.86 bits per heavy atom. The molecule has 1 aromatic rings. The summed E-state index contributed by atoms with van der Waals surface area (Å²) in [5, 5.41) is 15.9. The number of amides is 1. The molecule has 0 aromatic heterocycles. The topological polar surface area (TPSA) is 61.4 Å². The molecular weight excluding hydrogens is 295 g/mol. The Balaban J connectivity index is 0.00000220. The maximum absolute atomic E-state index is 13.5. The summed E-state index contributed by atoms with van der Waals surface area (Å²) >= 11 is 0. The fraction of sp³-hybridized carbons (Fsp3) is 0.533. The van der Waals surface area contributed by atoms with Crippen molar-refractivity contribution in [2.75, 3.05) is 19.6 Å². The van der Waals surface area contributed by atoms with Gasteiger partial charge in [0.1, 0.15) is 5.82 Å². The molecule has 0 spiro atoms. The third-order valence-corrected chi connectivity index (χ3v) is 3.87. The highest BCUT2D eigenvalue weighted by Crippen LogP contribution is 2.25. The molecule has 4 nitrogen and oxygen atoms in total. The standard InChI is InChI=1S/C15H21FN2O2.ClH/c1-15(7-4-8-17-10-15)14(20)18-9-13(19)11-5-2-3-6-12(11)16;/h2-3,5-6,13,17,19H,4,7-10H2,1H3,(H,18,20);1H. The minimum atomic E-state index is -1.03. The van der Waals surface area contributed by atoms with Gasteiger partial charge in [0.25, 0.3) is 0 Å². The zero-order chi connectivity index (χ0) is 14.6. The van der Waals surface area contributed by atoms with Gasteiger partial charge < -0.3 is 15.7 Å². The summed E-state index contributed by atoms with van der Waals surface area (Å²) in [4.78, 5) is 12.2. The highest BCUT2D eigenvalue weighted by atomic mass is 35.5. The van der Waals surface area contributed by atoms with Crippen molar-refractivity contribution in [3.8, 4) is 0 Å². The van der Waals surface area contributed by atoms with Crippen LogP contribution in [0.4, 0.5) is 4.39 Å². The molecule has 2 unspecified atom stereocenters. The number of carbonyl (C=O) groups is 1. The smallest absolute Gasteiger partial charge is 0.227 e. The Morgan fingerprint density at radius 2 is 2.24 bits per heavy atom. The second kappa shape index (κ2) is 7.73. The Kier molecular flexibility index (Phi) is 6.58. The van der Waals surface area contributed by atoms with E-state index in [1.54, 1.807) is 12.1 Å². The third kappa shape index (κ3) is 4.40. The van der Waals surface area contributed by atoms with Crippen LogP contribution in [-0.2, 0) is 4.79 Å². The Bertz CT molecular complexity index is 478. The van der Waals surface area contributed by atoms with E-state index in [0.717, 1.165) is 19.4 Å². The highest BCUT2D eigenvalue weighted by molar-refractivity contribution is 5.85. The summed E-state index contributed by atoms with van der Waals surface area (Å²) < 4.78 is 13.5. The SMILES string of the molecule is CC1(C(=O)NCC(O)c2ccccc2F)CCCNC1.Cl. The van der Waals surface area contributed by atoms with Gasteiger partial charge in [-0.2, -0.15) is 0 Å². The van der Waals surface area contributed by atoms with Crippen LogP contribution in [0.2, 0.25) is 0 Å². The number of piperidine rings is 1. The van der Waals surface area contributed by atoms with E-state index in [0.29, 0.717) is 6.54 Å². The second-order valence-electron chi connectivity index (χ2n) is 5.59. The fourth-order valence-corrected chi connectivity index (χ4v) is 2.51. The summed E-state index contributed by atoms with van der Waals surface area (Å²) in [7, 11) is 0. The average molecular weight is 317 g/mol. The van der Waals surface area contributed by atoms with Crippen LogP contribution in [0.15, 0.2) is 24.3 Å². The molecule has 6 heteroatoms. The van der Waals surface area contributed by atoms with Crippen LogP contribution in [0.25, 0.3) is 0 Å². The number of aliphatic hydroxyl groups is 1. The molecule has 1 aliphatic rings. The van der Waals surface area contributed by atoms with Crippen molar-refractivity contribution < 1.29 is 14.3 Å². The van der Waals surface area contributed by atoms with Crippen LogP contribution in [0.3, 0.4) is 0 Å². The number of rotatable bonds is 4. The minimum Gasteiger partial charge on any atom is -0.386 e. The van der Waals surface area contributed by atoms with E-state index in [1.165, 1.54) is 12.1 Å². The van der Waals surface area contributed by atoms with Crippen LogP contribution in [0, 0.1) is 11.2 Å². The van der Waals surface area contributed by atoms with Gasteiger partial charge in [-0.15, -0.1) is 12.4 Å². The largest absolute Gasteiger partial charge is 0.386 e. The molecule has 1 amide bonds. The molecule has 1 aromatic carbocycles. The molecule has 1 fully saturated rings. The van der Waals surface area contributed by atoms with Gasteiger partial charge >= 0.3 is 0 Å². The molecule has 3 N–H and O–H groups in total.